The van der Waals surface area contributed by atoms with Crippen LogP contribution in [0.3, 0.4) is 0 Å². The molecule has 2 aromatic rings. The van der Waals surface area contributed by atoms with Crippen LogP contribution in [0.25, 0.3) is 0 Å². The van der Waals surface area contributed by atoms with E-state index in [1.165, 1.54) is 12.1 Å². The summed E-state index contributed by atoms with van der Waals surface area (Å²) in [5, 5.41) is -0.358. The predicted molar refractivity (Wildman–Crippen MR) is 70.4 cm³/mol. The number of halogens is 3. The van der Waals surface area contributed by atoms with E-state index in [0.717, 1.165) is 12.1 Å². The SMILES string of the molecule is Cc1cc(N)ccc1C(=O)c1cc(F)c(Cl)cc1F. The monoisotopic (exact) mass is 281 g/mol. The quantitative estimate of drug-likeness (QED) is 0.518. The normalized spacial score (nSPS) is 10.5. The number of benzene rings is 2. The lowest BCUT2D eigenvalue weighted by Gasteiger charge is -2.07. The summed E-state index contributed by atoms with van der Waals surface area (Å²) in [5.41, 5.74) is 6.59. The zero-order valence-corrected chi connectivity index (χ0v) is 10.8. The fourth-order valence-corrected chi connectivity index (χ4v) is 1.93. The van der Waals surface area contributed by atoms with Gasteiger partial charge in [-0.25, -0.2) is 8.78 Å². The second kappa shape index (κ2) is 4.97. The van der Waals surface area contributed by atoms with Gasteiger partial charge in [0.05, 0.1) is 10.6 Å². The van der Waals surface area contributed by atoms with Gasteiger partial charge in [0.1, 0.15) is 11.6 Å². The molecule has 0 atom stereocenters. The van der Waals surface area contributed by atoms with Crippen molar-refractivity contribution in [1.29, 1.82) is 0 Å². The molecule has 0 bridgehead atoms. The Morgan fingerprint density at radius 1 is 1.11 bits per heavy atom. The Hall–Kier alpha value is -1.94. The van der Waals surface area contributed by atoms with Crippen molar-refractivity contribution in [2.45, 2.75) is 6.92 Å². The Morgan fingerprint density at radius 2 is 1.79 bits per heavy atom. The molecule has 98 valence electrons. The van der Waals surface area contributed by atoms with Crippen molar-refractivity contribution in [1.82, 2.24) is 0 Å². The van der Waals surface area contributed by atoms with Gasteiger partial charge in [-0.3, -0.25) is 4.79 Å². The molecule has 0 aliphatic heterocycles. The van der Waals surface area contributed by atoms with Crippen LogP contribution in [0, 0.1) is 18.6 Å². The minimum Gasteiger partial charge on any atom is -0.399 e. The highest BCUT2D eigenvalue weighted by molar-refractivity contribution is 6.31. The number of nitrogens with two attached hydrogens (primary N) is 1. The number of rotatable bonds is 2. The van der Waals surface area contributed by atoms with Gasteiger partial charge in [-0.2, -0.15) is 0 Å². The van der Waals surface area contributed by atoms with Crippen LogP contribution in [0.1, 0.15) is 21.5 Å². The van der Waals surface area contributed by atoms with E-state index in [1.807, 2.05) is 0 Å². The van der Waals surface area contributed by atoms with E-state index in [2.05, 4.69) is 0 Å². The molecule has 0 unspecified atom stereocenters. The molecule has 0 aliphatic carbocycles. The smallest absolute Gasteiger partial charge is 0.196 e. The van der Waals surface area contributed by atoms with E-state index in [0.29, 0.717) is 11.3 Å². The molecule has 5 heteroatoms. The molecule has 0 saturated carbocycles. The third kappa shape index (κ3) is 2.58. The van der Waals surface area contributed by atoms with Crippen LogP contribution in [0.15, 0.2) is 30.3 Å². The summed E-state index contributed by atoms with van der Waals surface area (Å²) in [5.74, 6) is -2.29. The maximum absolute atomic E-state index is 13.7. The number of hydrogen-bond acceptors (Lipinski definition) is 2. The summed E-state index contributed by atoms with van der Waals surface area (Å²) in [6, 6.07) is 6.20. The third-order valence-corrected chi connectivity index (χ3v) is 3.04. The van der Waals surface area contributed by atoms with E-state index in [4.69, 9.17) is 17.3 Å². The zero-order valence-electron chi connectivity index (χ0n) is 10.0. The zero-order chi connectivity index (χ0) is 14.2. The number of hydrogen-bond donors (Lipinski definition) is 1. The summed E-state index contributed by atoms with van der Waals surface area (Å²) in [4.78, 5) is 12.2. The molecule has 0 saturated heterocycles. The maximum Gasteiger partial charge on any atom is 0.196 e. The molecule has 0 aromatic heterocycles. The van der Waals surface area contributed by atoms with Crippen molar-refractivity contribution in [3.8, 4) is 0 Å². The minimum atomic E-state index is -0.854. The van der Waals surface area contributed by atoms with E-state index < -0.39 is 17.4 Å². The highest BCUT2D eigenvalue weighted by Gasteiger charge is 2.18. The van der Waals surface area contributed by atoms with Gasteiger partial charge in [-0.05, 0) is 42.8 Å². The van der Waals surface area contributed by atoms with Gasteiger partial charge >= 0.3 is 0 Å². The molecule has 0 radical (unpaired) electrons. The number of carbonyl (C=O) groups is 1. The minimum absolute atomic E-state index is 0.273. The van der Waals surface area contributed by atoms with E-state index in [9.17, 15) is 13.6 Å². The molecule has 2 nitrogen and oxygen atoms in total. The van der Waals surface area contributed by atoms with Crippen molar-refractivity contribution in [2.24, 2.45) is 0 Å². The first-order valence-electron chi connectivity index (χ1n) is 5.45. The van der Waals surface area contributed by atoms with Gasteiger partial charge in [0, 0.05) is 11.3 Å². The van der Waals surface area contributed by atoms with Gasteiger partial charge in [-0.1, -0.05) is 11.6 Å². The second-order valence-corrected chi connectivity index (χ2v) is 4.56. The van der Waals surface area contributed by atoms with Crippen molar-refractivity contribution in [3.63, 3.8) is 0 Å². The standard InChI is InChI=1S/C14H10ClF2NO/c1-7-4-8(18)2-3-9(7)14(19)10-5-13(17)11(15)6-12(10)16/h2-6H,18H2,1H3. The van der Waals surface area contributed by atoms with Gasteiger partial charge in [-0.15, -0.1) is 0 Å². The van der Waals surface area contributed by atoms with Crippen LogP contribution in [0.4, 0.5) is 14.5 Å². The lowest BCUT2D eigenvalue weighted by atomic mass is 9.98. The first-order chi connectivity index (χ1) is 8.90. The molecular weight excluding hydrogens is 272 g/mol. The van der Waals surface area contributed by atoms with E-state index >= 15 is 0 Å². The molecule has 2 aromatic carbocycles. The fourth-order valence-electron chi connectivity index (χ4n) is 1.78. The average Bonchev–Trinajstić information content (AvgIpc) is 2.33. The largest absolute Gasteiger partial charge is 0.399 e. The molecule has 2 rings (SSSR count). The van der Waals surface area contributed by atoms with Crippen LogP contribution >= 0.6 is 11.6 Å². The lowest BCUT2D eigenvalue weighted by molar-refractivity contribution is 0.103. The number of ketones is 1. The van der Waals surface area contributed by atoms with Gasteiger partial charge in [0.25, 0.3) is 0 Å². The topological polar surface area (TPSA) is 43.1 Å². The Bertz CT molecular complexity index is 671. The molecule has 2 N–H and O–H groups in total. The second-order valence-electron chi connectivity index (χ2n) is 4.15. The van der Waals surface area contributed by atoms with E-state index in [1.54, 1.807) is 13.0 Å². The summed E-state index contributed by atoms with van der Waals surface area (Å²) >= 11 is 5.45. The van der Waals surface area contributed by atoms with Gasteiger partial charge in [0.2, 0.25) is 0 Å². The Balaban J connectivity index is 2.53. The number of carbonyl (C=O) groups excluding carboxylic acids is 1. The number of anilines is 1. The van der Waals surface area contributed by atoms with Gasteiger partial charge in [0.15, 0.2) is 5.78 Å². The Labute approximate surface area is 113 Å². The Kier molecular flexibility index (Phi) is 3.53. The van der Waals surface area contributed by atoms with Crippen LogP contribution in [0.2, 0.25) is 5.02 Å². The first-order valence-corrected chi connectivity index (χ1v) is 5.83. The first kappa shape index (κ1) is 13.5. The fraction of sp³-hybridized carbons (Fsp3) is 0.0714. The summed E-state index contributed by atoms with van der Waals surface area (Å²) in [6.07, 6.45) is 0. The van der Waals surface area contributed by atoms with Crippen molar-refractivity contribution < 1.29 is 13.6 Å². The molecule has 19 heavy (non-hydrogen) atoms. The molecule has 0 heterocycles. The van der Waals surface area contributed by atoms with Crippen LogP contribution < -0.4 is 5.73 Å². The Morgan fingerprint density at radius 3 is 2.42 bits per heavy atom. The number of aryl methyl sites for hydroxylation is 1. The van der Waals surface area contributed by atoms with Crippen molar-refractivity contribution in [2.75, 3.05) is 5.73 Å². The summed E-state index contributed by atoms with van der Waals surface area (Å²) in [7, 11) is 0. The van der Waals surface area contributed by atoms with Crippen molar-refractivity contribution in [3.05, 3.63) is 63.7 Å². The van der Waals surface area contributed by atoms with E-state index in [-0.39, 0.29) is 16.1 Å². The summed E-state index contributed by atoms with van der Waals surface area (Å²) < 4.78 is 27.0. The third-order valence-electron chi connectivity index (χ3n) is 2.75. The predicted octanol–water partition coefficient (Wildman–Crippen LogP) is 3.74. The van der Waals surface area contributed by atoms with Crippen LogP contribution in [-0.2, 0) is 0 Å². The molecule has 0 aliphatic rings. The highest BCUT2D eigenvalue weighted by Crippen LogP contribution is 2.23. The lowest BCUT2D eigenvalue weighted by Crippen LogP contribution is -2.07. The highest BCUT2D eigenvalue weighted by atomic mass is 35.5. The molecule has 0 fully saturated rings. The van der Waals surface area contributed by atoms with Crippen LogP contribution in [-0.4, -0.2) is 5.78 Å². The molecular formula is C14H10ClF2NO. The van der Waals surface area contributed by atoms with Crippen molar-refractivity contribution >= 4 is 23.1 Å². The maximum atomic E-state index is 13.7. The van der Waals surface area contributed by atoms with Crippen LogP contribution in [0.5, 0.6) is 0 Å². The van der Waals surface area contributed by atoms with Gasteiger partial charge < -0.3 is 5.73 Å². The summed E-state index contributed by atoms with van der Waals surface area (Å²) in [6.45, 7) is 1.67. The molecule has 0 spiro atoms. The average molecular weight is 282 g/mol. The molecule has 0 amide bonds. The number of nitrogen functional groups attached to an aromatic ring is 1.